The van der Waals surface area contributed by atoms with Crippen molar-refractivity contribution in [3.63, 3.8) is 0 Å². The Morgan fingerprint density at radius 3 is 2.81 bits per heavy atom. The first kappa shape index (κ1) is 12.2. The summed E-state index contributed by atoms with van der Waals surface area (Å²) in [5.74, 6) is -0.932. The fourth-order valence-corrected chi connectivity index (χ4v) is 0.992. The van der Waals surface area contributed by atoms with E-state index in [4.69, 9.17) is 4.74 Å². The van der Waals surface area contributed by atoms with E-state index in [1.807, 2.05) is 6.92 Å². The summed E-state index contributed by atoms with van der Waals surface area (Å²) in [5, 5.41) is 0. The van der Waals surface area contributed by atoms with Crippen LogP contribution < -0.4 is 0 Å². The van der Waals surface area contributed by atoms with Crippen molar-refractivity contribution in [1.29, 1.82) is 0 Å². The average Bonchev–Trinajstić information content (AvgIpc) is 2.30. The van der Waals surface area contributed by atoms with Crippen LogP contribution >= 0.6 is 0 Å². The molecule has 0 aromatic carbocycles. The van der Waals surface area contributed by atoms with Gasteiger partial charge in [0.2, 0.25) is 6.79 Å². The number of carbonyl (C=O) groups is 2. The first-order valence-electron chi connectivity index (χ1n) is 4.96. The van der Waals surface area contributed by atoms with Gasteiger partial charge in [0.15, 0.2) is 0 Å². The molecule has 1 aromatic rings. The minimum atomic E-state index is -0.558. The molecule has 0 saturated heterocycles. The van der Waals surface area contributed by atoms with Crippen molar-refractivity contribution < 1.29 is 19.1 Å². The molecule has 5 heteroatoms. The standard InChI is InChI=1S/C11H13NO4/c1-2-4-10(13)15-8-16-11(14)9-5-3-6-12-7-9/h3,5-7H,2,4,8H2,1H3. The summed E-state index contributed by atoms with van der Waals surface area (Å²) in [6.07, 6.45) is 3.97. The van der Waals surface area contributed by atoms with Crippen molar-refractivity contribution in [2.45, 2.75) is 19.8 Å². The predicted molar refractivity (Wildman–Crippen MR) is 55.5 cm³/mol. The highest BCUT2D eigenvalue weighted by Crippen LogP contribution is 1.99. The Labute approximate surface area is 93.4 Å². The minimum absolute atomic E-state index is 0.324. The topological polar surface area (TPSA) is 65.5 Å². The fraction of sp³-hybridized carbons (Fsp3) is 0.364. The van der Waals surface area contributed by atoms with Gasteiger partial charge in [0.25, 0.3) is 0 Å². The lowest BCUT2D eigenvalue weighted by molar-refractivity contribution is -0.152. The SMILES string of the molecule is CCCC(=O)OCOC(=O)c1cccnc1. The van der Waals surface area contributed by atoms with E-state index in [0.29, 0.717) is 18.4 Å². The number of hydrogen-bond acceptors (Lipinski definition) is 5. The summed E-state index contributed by atoms with van der Waals surface area (Å²) in [6.45, 7) is 1.51. The Balaban J connectivity index is 2.29. The number of rotatable bonds is 5. The first-order chi connectivity index (χ1) is 7.74. The summed E-state index contributed by atoms with van der Waals surface area (Å²) in [4.78, 5) is 26.0. The number of nitrogens with zero attached hydrogens (tertiary/aromatic N) is 1. The molecule has 16 heavy (non-hydrogen) atoms. The van der Waals surface area contributed by atoms with Gasteiger partial charge in [-0.3, -0.25) is 9.78 Å². The van der Waals surface area contributed by atoms with E-state index < -0.39 is 5.97 Å². The van der Waals surface area contributed by atoms with Gasteiger partial charge in [-0.2, -0.15) is 0 Å². The smallest absolute Gasteiger partial charge is 0.342 e. The summed E-state index contributed by atoms with van der Waals surface area (Å²) < 4.78 is 9.40. The van der Waals surface area contributed by atoms with Gasteiger partial charge in [0.05, 0.1) is 5.56 Å². The molecular formula is C11H13NO4. The van der Waals surface area contributed by atoms with Crippen LogP contribution in [-0.4, -0.2) is 23.7 Å². The predicted octanol–water partition coefficient (Wildman–Crippen LogP) is 1.54. The van der Waals surface area contributed by atoms with Crippen LogP contribution in [0.15, 0.2) is 24.5 Å². The highest BCUT2D eigenvalue weighted by atomic mass is 16.7. The summed E-state index contributed by atoms with van der Waals surface area (Å²) in [7, 11) is 0. The lowest BCUT2D eigenvalue weighted by Crippen LogP contribution is -2.12. The largest absolute Gasteiger partial charge is 0.428 e. The van der Waals surface area contributed by atoms with Gasteiger partial charge in [-0.25, -0.2) is 4.79 Å². The third-order valence-corrected chi connectivity index (χ3v) is 1.76. The molecule has 0 N–H and O–H groups in total. The van der Waals surface area contributed by atoms with Gasteiger partial charge in [-0.1, -0.05) is 6.92 Å². The van der Waals surface area contributed by atoms with E-state index >= 15 is 0 Å². The van der Waals surface area contributed by atoms with Crippen LogP contribution in [0.4, 0.5) is 0 Å². The molecule has 86 valence electrons. The van der Waals surface area contributed by atoms with Crippen molar-refractivity contribution in [1.82, 2.24) is 4.98 Å². The third kappa shape index (κ3) is 4.08. The second-order valence-electron chi connectivity index (χ2n) is 3.06. The molecular weight excluding hydrogens is 210 g/mol. The zero-order valence-corrected chi connectivity index (χ0v) is 9.01. The van der Waals surface area contributed by atoms with Crippen LogP contribution in [0.2, 0.25) is 0 Å². The molecule has 0 amide bonds. The normalized spacial score (nSPS) is 9.56. The van der Waals surface area contributed by atoms with Crippen LogP contribution in [0.3, 0.4) is 0 Å². The van der Waals surface area contributed by atoms with Gasteiger partial charge >= 0.3 is 11.9 Å². The van der Waals surface area contributed by atoms with Gasteiger partial charge in [0, 0.05) is 18.8 Å². The number of aromatic nitrogens is 1. The Kier molecular flexibility index (Phi) is 4.98. The molecule has 0 unspecified atom stereocenters. The van der Waals surface area contributed by atoms with Crippen LogP contribution in [0, 0.1) is 0 Å². The quantitative estimate of drug-likeness (QED) is 0.559. The van der Waals surface area contributed by atoms with E-state index in [-0.39, 0.29) is 12.8 Å². The molecule has 1 heterocycles. The fourth-order valence-electron chi connectivity index (χ4n) is 0.992. The van der Waals surface area contributed by atoms with Crippen LogP contribution in [0.5, 0.6) is 0 Å². The number of pyridine rings is 1. The molecule has 1 rings (SSSR count). The van der Waals surface area contributed by atoms with E-state index in [1.165, 1.54) is 6.20 Å². The second-order valence-corrected chi connectivity index (χ2v) is 3.06. The molecule has 1 aromatic heterocycles. The lowest BCUT2D eigenvalue weighted by Gasteiger charge is -2.05. The number of ether oxygens (including phenoxy) is 2. The molecule has 5 nitrogen and oxygen atoms in total. The Bertz CT molecular complexity index is 350. The average molecular weight is 223 g/mol. The maximum atomic E-state index is 11.3. The summed E-state index contributed by atoms with van der Waals surface area (Å²) in [6, 6.07) is 3.20. The van der Waals surface area contributed by atoms with Crippen molar-refractivity contribution in [3.05, 3.63) is 30.1 Å². The monoisotopic (exact) mass is 223 g/mol. The highest BCUT2D eigenvalue weighted by Gasteiger charge is 2.07. The van der Waals surface area contributed by atoms with E-state index in [9.17, 15) is 9.59 Å². The van der Waals surface area contributed by atoms with E-state index in [1.54, 1.807) is 18.3 Å². The molecule has 0 saturated carbocycles. The Morgan fingerprint density at radius 2 is 2.19 bits per heavy atom. The molecule has 0 spiro atoms. The molecule has 0 radical (unpaired) electrons. The van der Waals surface area contributed by atoms with Crippen molar-refractivity contribution in [2.75, 3.05) is 6.79 Å². The van der Waals surface area contributed by atoms with E-state index in [0.717, 1.165) is 0 Å². The van der Waals surface area contributed by atoms with Gasteiger partial charge < -0.3 is 9.47 Å². The highest BCUT2D eigenvalue weighted by molar-refractivity contribution is 5.88. The number of carbonyl (C=O) groups excluding carboxylic acids is 2. The third-order valence-electron chi connectivity index (χ3n) is 1.76. The number of esters is 2. The Hall–Kier alpha value is -1.91. The van der Waals surface area contributed by atoms with Gasteiger partial charge in [-0.05, 0) is 18.6 Å². The number of hydrogen-bond donors (Lipinski definition) is 0. The summed E-state index contributed by atoms with van der Waals surface area (Å²) >= 11 is 0. The molecule has 0 fully saturated rings. The summed E-state index contributed by atoms with van der Waals surface area (Å²) in [5.41, 5.74) is 0.328. The minimum Gasteiger partial charge on any atom is -0.428 e. The van der Waals surface area contributed by atoms with Crippen LogP contribution in [0.1, 0.15) is 30.1 Å². The molecule has 0 atom stereocenters. The van der Waals surface area contributed by atoms with Crippen LogP contribution in [0.25, 0.3) is 0 Å². The zero-order valence-electron chi connectivity index (χ0n) is 9.01. The second kappa shape index (κ2) is 6.55. The molecule has 0 aliphatic rings. The van der Waals surface area contributed by atoms with Crippen molar-refractivity contribution in [2.24, 2.45) is 0 Å². The lowest BCUT2D eigenvalue weighted by atomic mass is 10.3. The van der Waals surface area contributed by atoms with Crippen molar-refractivity contribution >= 4 is 11.9 Å². The van der Waals surface area contributed by atoms with Gasteiger partial charge in [0.1, 0.15) is 0 Å². The maximum Gasteiger partial charge on any atom is 0.342 e. The van der Waals surface area contributed by atoms with Crippen LogP contribution in [-0.2, 0) is 14.3 Å². The Morgan fingerprint density at radius 1 is 1.38 bits per heavy atom. The first-order valence-corrected chi connectivity index (χ1v) is 4.96. The molecule has 0 bridgehead atoms. The molecule has 0 aliphatic carbocycles. The van der Waals surface area contributed by atoms with Crippen molar-refractivity contribution in [3.8, 4) is 0 Å². The maximum absolute atomic E-state index is 11.3. The van der Waals surface area contributed by atoms with Gasteiger partial charge in [-0.15, -0.1) is 0 Å². The van der Waals surface area contributed by atoms with E-state index in [2.05, 4.69) is 9.72 Å². The zero-order chi connectivity index (χ0) is 11.8. The molecule has 0 aliphatic heterocycles.